The number of unbranched alkanes of at least 4 members (excludes halogenated alkanes) is 2. The van der Waals surface area contributed by atoms with E-state index in [1.54, 1.807) is 0 Å². The van der Waals surface area contributed by atoms with Crippen LogP contribution in [0.4, 0.5) is 0 Å². The van der Waals surface area contributed by atoms with Gasteiger partial charge < -0.3 is 0 Å². The fourth-order valence-electron chi connectivity index (χ4n) is 2.42. The topological polar surface area (TPSA) is 3.24 Å². The molecule has 82 valence electrons. The normalized spacial score (nSPS) is 23.6. The highest BCUT2D eigenvalue weighted by atomic mass is 15.2. The number of likely N-dealkylation sites (tertiary alicyclic amines) is 1. The first-order valence-corrected chi connectivity index (χ1v) is 6.23. The summed E-state index contributed by atoms with van der Waals surface area (Å²) in [4.78, 5) is 2.62. The molecule has 1 fully saturated rings. The minimum atomic E-state index is 0.855. The molecule has 0 aromatic heterocycles. The molecule has 1 nitrogen and oxygen atoms in total. The maximum absolute atomic E-state index is 3.84. The highest BCUT2D eigenvalue weighted by Crippen LogP contribution is 2.21. The van der Waals surface area contributed by atoms with Crippen molar-refractivity contribution in [3.8, 4) is 0 Å². The van der Waals surface area contributed by atoms with Gasteiger partial charge in [0.05, 0.1) is 0 Å². The van der Waals surface area contributed by atoms with E-state index in [1.165, 1.54) is 51.5 Å². The van der Waals surface area contributed by atoms with Gasteiger partial charge in [-0.05, 0) is 25.8 Å². The zero-order valence-corrected chi connectivity index (χ0v) is 9.67. The van der Waals surface area contributed by atoms with Gasteiger partial charge in [-0.15, -0.1) is 6.58 Å². The average molecular weight is 195 g/mol. The van der Waals surface area contributed by atoms with Crippen molar-refractivity contribution >= 4 is 0 Å². The van der Waals surface area contributed by atoms with Crippen LogP contribution in [0.15, 0.2) is 12.7 Å². The van der Waals surface area contributed by atoms with Crippen LogP contribution in [0, 0.1) is 0 Å². The first kappa shape index (κ1) is 11.8. The fourth-order valence-corrected chi connectivity index (χ4v) is 2.42. The van der Waals surface area contributed by atoms with Gasteiger partial charge in [-0.1, -0.05) is 38.7 Å². The Kier molecular flexibility index (Phi) is 5.93. The van der Waals surface area contributed by atoms with Crippen LogP contribution in [0.1, 0.15) is 51.9 Å². The van der Waals surface area contributed by atoms with Gasteiger partial charge in [0.15, 0.2) is 0 Å². The lowest BCUT2D eigenvalue weighted by atomic mass is 9.97. The van der Waals surface area contributed by atoms with Crippen LogP contribution < -0.4 is 0 Å². The van der Waals surface area contributed by atoms with Crippen LogP contribution in [0.5, 0.6) is 0 Å². The van der Waals surface area contributed by atoms with E-state index < -0.39 is 0 Å². The number of hydrogen-bond donors (Lipinski definition) is 0. The fraction of sp³-hybridized carbons (Fsp3) is 0.846. The van der Waals surface area contributed by atoms with E-state index in [2.05, 4.69) is 24.5 Å². The Labute approximate surface area is 89.2 Å². The molecule has 14 heavy (non-hydrogen) atoms. The molecule has 0 amide bonds. The molecule has 1 heterocycles. The summed E-state index contributed by atoms with van der Waals surface area (Å²) >= 11 is 0. The predicted octanol–water partition coefficient (Wildman–Crippen LogP) is 3.61. The van der Waals surface area contributed by atoms with Crippen molar-refractivity contribution in [1.82, 2.24) is 4.90 Å². The monoisotopic (exact) mass is 195 g/mol. The summed E-state index contributed by atoms with van der Waals surface area (Å²) in [6, 6.07) is 0.855. The zero-order valence-electron chi connectivity index (χ0n) is 9.67. The second kappa shape index (κ2) is 7.05. The van der Waals surface area contributed by atoms with Gasteiger partial charge in [-0.25, -0.2) is 0 Å². The van der Waals surface area contributed by atoms with Crippen LogP contribution >= 0.6 is 0 Å². The Bertz CT molecular complexity index is 153. The molecule has 0 aliphatic carbocycles. The standard InChI is InChI=1S/C13H25N/c1-3-5-6-9-13-10-7-8-12-14(13)11-4-2/h4,13H,2-3,5-12H2,1H3. The van der Waals surface area contributed by atoms with Crippen LogP contribution in [0.3, 0.4) is 0 Å². The van der Waals surface area contributed by atoms with Gasteiger partial charge >= 0.3 is 0 Å². The lowest BCUT2D eigenvalue weighted by Gasteiger charge is -2.35. The number of piperidine rings is 1. The second-order valence-electron chi connectivity index (χ2n) is 4.43. The number of rotatable bonds is 6. The van der Waals surface area contributed by atoms with Crippen LogP contribution in [0.2, 0.25) is 0 Å². The van der Waals surface area contributed by atoms with Crippen molar-refractivity contribution in [2.24, 2.45) is 0 Å². The Morgan fingerprint density at radius 3 is 2.93 bits per heavy atom. The molecular weight excluding hydrogens is 170 g/mol. The summed E-state index contributed by atoms with van der Waals surface area (Å²) in [6.07, 6.45) is 11.8. The Balaban J connectivity index is 2.26. The van der Waals surface area contributed by atoms with Gasteiger partial charge in [0.2, 0.25) is 0 Å². The summed E-state index contributed by atoms with van der Waals surface area (Å²) < 4.78 is 0. The lowest BCUT2D eigenvalue weighted by Crippen LogP contribution is -2.39. The van der Waals surface area contributed by atoms with E-state index in [0.29, 0.717) is 0 Å². The molecule has 1 aliphatic rings. The van der Waals surface area contributed by atoms with E-state index in [-0.39, 0.29) is 0 Å². The minimum Gasteiger partial charge on any atom is -0.297 e. The van der Waals surface area contributed by atoms with Crippen LogP contribution in [-0.4, -0.2) is 24.0 Å². The molecule has 0 aromatic carbocycles. The minimum absolute atomic E-state index is 0.855. The lowest BCUT2D eigenvalue weighted by molar-refractivity contribution is 0.154. The molecule has 1 heteroatoms. The third-order valence-corrected chi connectivity index (χ3v) is 3.25. The maximum Gasteiger partial charge on any atom is 0.0163 e. The quantitative estimate of drug-likeness (QED) is 0.462. The van der Waals surface area contributed by atoms with Crippen LogP contribution in [0.25, 0.3) is 0 Å². The van der Waals surface area contributed by atoms with E-state index in [1.807, 2.05) is 0 Å². The third kappa shape index (κ3) is 3.83. The third-order valence-electron chi connectivity index (χ3n) is 3.25. The van der Waals surface area contributed by atoms with E-state index in [9.17, 15) is 0 Å². The Morgan fingerprint density at radius 2 is 2.21 bits per heavy atom. The molecular formula is C13H25N. The van der Waals surface area contributed by atoms with E-state index >= 15 is 0 Å². The van der Waals surface area contributed by atoms with Crippen molar-refractivity contribution in [2.75, 3.05) is 13.1 Å². The number of hydrogen-bond acceptors (Lipinski definition) is 1. The smallest absolute Gasteiger partial charge is 0.0163 e. The largest absolute Gasteiger partial charge is 0.297 e. The van der Waals surface area contributed by atoms with Gasteiger partial charge in [-0.2, -0.15) is 0 Å². The van der Waals surface area contributed by atoms with Crippen molar-refractivity contribution in [3.05, 3.63) is 12.7 Å². The van der Waals surface area contributed by atoms with Crippen LogP contribution in [-0.2, 0) is 0 Å². The highest BCUT2D eigenvalue weighted by Gasteiger charge is 2.20. The molecule has 0 spiro atoms. The van der Waals surface area contributed by atoms with Gasteiger partial charge in [0, 0.05) is 12.6 Å². The molecule has 1 saturated heterocycles. The molecule has 1 aliphatic heterocycles. The van der Waals surface area contributed by atoms with Gasteiger partial charge in [0.1, 0.15) is 0 Å². The van der Waals surface area contributed by atoms with E-state index in [4.69, 9.17) is 0 Å². The molecule has 0 N–H and O–H groups in total. The second-order valence-corrected chi connectivity index (χ2v) is 4.43. The van der Waals surface area contributed by atoms with Gasteiger partial charge in [-0.3, -0.25) is 4.90 Å². The summed E-state index contributed by atoms with van der Waals surface area (Å²) in [5.41, 5.74) is 0. The molecule has 0 aromatic rings. The Morgan fingerprint density at radius 1 is 1.36 bits per heavy atom. The van der Waals surface area contributed by atoms with E-state index in [0.717, 1.165) is 12.6 Å². The molecule has 0 radical (unpaired) electrons. The SMILES string of the molecule is C=CCN1CCCCC1CCCCC. The summed E-state index contributed by atoms with van der Waals surface area (Å²) in [5.74, 6) is 0. The average Bonchev–Trinajstić information content (AvgIpc) is 2.21. The van der Waals surface area contributed by atoms with Crippen molar-refractivity contribution in [2.45, 2.75) is 57.9 Å². The predicted molar refractivity (Wildman–Crippen MR) is 63.6 cm³/mol. The molecule has 1 unspecified atom stereocenters. The summed E-state index contributed by atoms with van der Waals surface area (Å²) in [7, 11) is 0. The molecule has 0 saturated carbocycles. The van der Waals surface area contributed by atoms with Crippen molar-refractivity contribution in [3.63, 3.8) is 0 Å². The first-order chi connectivity index (χ1) is 6.88. The molecule has 1 atom stereocenters. The van der Waals surface area contributed by atoms with Gasteiger partial charge in [0.25, 0.3) is 0 Å². The number of nitrogens with zero attached hydrogens (tertiary/aromatic N) is 1. The molecule has 1 rings (SSSR count). The Hall–Kier alpha value is -0.300. The van der Waals surface area contributed by atoms with Crippen molar-refractivity contribution < 1.29 is 0 Å². The highest BCUT2D eigenvalue weighted by molar-refractivity contribution is 4.82. The van der Waals surface area contributed by atoms with Crippen molar-refractivity contribution in [1.29, 1.82) is 0 Å². The summed E-state index contributed by atoms with van der Waals surface area (Å²) in [6.45, 7) is 8.51. The molecule has 0 bridgehead atoms. The maximum atomic E-state index is 3.84. The zero-order chi connectivity index (χ0) is 10.2. The first-order valence-electron chi connectivity index (χ1n) is 6.23. The summed E-state index contributed by atoms with van der Waals surface area (Å²) in [5, 5.41) is 0.